The summed E-state index contributed by atoms with van der Waals surface area (Å²) < 4.78 is 0. The maximum atomic E-state index is 3.83. The smallest absolute Gasteiger partial charge is 0.0233 e. The standard InChI is InChI=1S/C9H10.2C2H6/c1-8(2)9-6-4-3-5-7-9;2*1-2/h3-7H,1H2,2H3;2*1-2H3. The summed E-state index contributed by atoms with van der Waals surface area (Å²) in [6.45, 7) is 13.8. The Bertz CT molecular complexity index is 197. The Morgan fingerprint density at radius 2 is 1.31 bits per heavy atom. The topological polar surface area (TPSA) is 0 Å². The molecule has 0 heterocycles. The van der Waals surface area contributed by atoms with Crippen molar-refractivity contribution in [3.05, 3.63) is 42.5 Å². The van der Waals surface area contributed by atoms with E-state index in [1.54, 1.807) is 0 Å². The first kappa shape index (κ1) is 14.5. The van der Waals surface area contributed by atoms with Gasteiger partial charge in [-0.05, 0) is 12.5 Å². The predicted octanol–water partition coefficient (Wildman–Crippen LogP) is 4.77. The Balaban J connectivity index is 0. The molecule has 0 atom stereocenters. The average molecular weight is 178 g/mol. The van der Waals surface area contributed by atoms with Crippen LogP contribution in [0.25, 0.3) is 5.57 Å². The maximum Gasteiger partial charge on any atom is -0.0233 e. The van der Waals surface area contributed by atoms with Crippen LogP contribution in [0.4, 0.5) is 0 Å². The van der Waals surface area contributed by atoms with E-state index in [0.29, 0.717) is 0 Å². The number of rotatable bonds is 1. The summed E-state index contributed by atoms with van der Waals surface area (Å²) in [5, 5.41) is 0. The van der Waals surface area contributed by atoms with Crippen LogP contribution in [0.3, 0.4) is 0 Å². The number of hydrogen-bond donors (Lipinski definition) is 0. The minimum absolute atomic E-state index is 1.12. The zero-order chi connectivity index (χ0) is 10.7. The largest absolute Gasteiger partial charge is 0.0955 e. The van der Waals surface area contributed by atoms with Gasteiger partial charge in [0.05, 0.1) is 0 Å². The summed E-state index contributed by atoms with van der Waals surface area (Å²) in [7, 11) is 0. The Morgan fingerprint density at radius 3 is 1.54 bits per heavy atom. The van der Waals surface area contributed by atoms with Gasteiger partial charge in [-0.1, -0.05) is 70.2 Å². The molecule has 0 amide bonds. The van der Waals surface area contributed by atoms with Gasteiger partial charge in [0.1, 0.15) is 0 Å². The van der Waals surface area contributed by atoms with Gasteiger partial charge in [-0.3, -0.25) is 0 Å². The van der Waals surface area contributed by atoms with Crippen LogP contribution in [-0.2, 0) is 0 Å². The zero-order valence-electron chi connectivity index (χ0n) is 9.59. The molecule has 0 aliphatic heterocycles. The minimum Gasteiger partial charge on any atom is -0.0955 e. The van der Waals surface area contributed by atoms with E-state index in [0.717, 1.165) is 5.57 Å². The van der Waals surface area contributed by atoms with Crippen molar-refractivity contribution in [3.8, 4) is 0 Å². The fraction of sp³-hybridized carbons (Fsp3) is 0.385. The summed E-state index contributed by atoms with van der Waals surface area (Å²) in [6.07, 6.45) is 0. The van der Waals surface area contributed by atoms with Gasteiger partial charge in [-0.25, -0.2) is 0 Å². The fourth-order valence-electron chi connectivity index (χ4n) is 0.723. The van der Waals surface area contributed by atoms with Crippen LogP contribution in [0.5, 0.6) is 0 Å². The molecule has 0 heteroatoms. The highest BCUT2D eigenvalue weighted by Crippen LogP contribution is 2.08. The van der Waals surface area contributed by atoms with E-state index in [-0.39, 0.29) is 0 Å². The molecule has 0 nitrogen and oxygen atoms in total. The molecule has 0 aromatic heterocycles. The van der Waals surface area contributed by atoms with Crippen LogP contribution in [-0.4, -0.2) is 0 Å². The molecule has 1 aromatic carbocycles. The van der Waals surface area contributed by atoms with Crippen molar-refractivity contribution in [1.82, 2.24) is 0 Å². The Kier molecular flexibility index (Phi) is 12.2. The second kappa shape index (κ2) is 11.0. The van der Waals surface area contributed by atoms with E-state index in [1.165, 1.54) is 5.56 Å². The molecule has 1 aromatic rings. The summed E-state index contributed by atoms with van der Waals surface area (Å²) in [5.41, 5.74) is 2.34. The Labute approximate surface area is 83.3 Å². The number of hydrogen-bond acceptors (Lipinski definition) is 0. The van der Waals surface area contributed by atoms with Crippen LogP contribution in [0.1, 0.15) is 40.2 Å². The van der Waals surface area contributed by atoms with Crippen molar-refractivity contribution in [2.45, 2.75) is 34.6 Å². The predicted molar refractivity (Wildman–Crippen MR) is 63.8 cm³/mol. The lowest BCUT2D eigenvalue weighted by molar-refractivity contribution is 1.50. The molecule has 0 unspecified atom stereocenters. The second-order valence-electron chi connectivity index (χ2n) is 2.15. The zero-order valence-corrected chi connectivity index (χ0v) is 9.59. The molecule has 0 saturated heterocycles. The molecular weight excluding hydrogens is 156 g/mol. The first-order chi connectivity index (χ1) is 6.30. The summed E-state index contributed by atoms with van der Waals surface area (Å²) in [6, 6.07) is 10.2. The molecule has 0 saturated carbocycles. The Hall–Kier alpha value is -1.04. The van der Waals surface area contributed by atoms with Gasteiger partial charge in [0.15, 0.2) is 0 Å². The summed E-state index contributed by atoms with van der Waals surface area (Å²) in [4.78, 5) is 0. The van der Waals surface area contributed by atoms with E-state index >= 15 is 0 Å². The lowest BCUT2D eigenvalue weighted by Crippen LogP contribution is -1.72. The van der Waals surface area contributed by atoms with E-state index in [4.69, 9.17) is 0 Å². The highest BCUT2D eigenvalue weighted by Gasteiger charge is 1.86. The van der Waals surface area contributed by atoms with Crippen LogP contribution in [0.2, 0.25) is 0 Å². The quantitative estimate of drug-likeness (QED) is 0.581. The van der Waals surface area contributed by atoms with Crippen molar-refractivity contribution in [3.63, 3.8) is 0 Å². The van der Waals surface area contributed by atoms with Crippen molar-refractivity contribution < 1.29 is 0 Å². The SMILES string of the molecule is C=C(C)c1ccccc1.CC.CC. The molecule has 13 heavy (non-hydrogen) atoms. The van der Waals surface area contributed by atoms with Crippen molar-refractivity contribution in [2.24, 2.45) is 0 Å². The van der Waals surface area contributed by atoms with Crippen molar-refractivity contribution >= 4 is 5.57 Å². The van der Waals surface area contributed by atoms with Crippen molar-refractivity contribution in [2.75, 3.05) is 0 Å². The monoisotopic (exact) mass is 178 g/mol. The van der Waals surface area contributed by atoms with Crippen LogP contribution in [0.15, 0.2) is 36.9 Å². The van der Waals surface area contributed by atoms with Gasteiger partial charge in [-0.2, -0.15) is 0 Å². The lowest BCUT2D eigenvalue weighted by atomic mass is 10.1. The van der Waals surface area contributed by atoms with Crippen LogP contribution in [0, 0.1) is 0 Å². The van der Waals surface area contributed by atoms with Gasteiger partial charge in [0.2, 0.25) is 0 Å². The van der Waals surface area contributed by atoms with E-state index in [1.807, 2.05) is 52.8 Å². The molecule has 0 aliphatic carbocycles. The minimum atomic E-state index is 1.12. The van der Waals surface area contributed by atoms with E-state index in [9.17, 15) is 0 Å². The third-order valence-electron chi connectivity index (χ3n) is 1.27. The van der Waals surface area contributed by atoms with E-state index in [2.05, 4.69) is 18.7 Å². The summed E-state index contributed by atoms with van der Waals surface area (Å²) in [5.74, 6) is 0. The highest BCUT2D eigenvalue weighted by molar-refractivity contribution is 5.60. The molecule has 0 aliphatic rings. The third-order valence-corrected chi connectivity index (χ3v) is 1.27. The lowest BCUT2D eigenvalue weighted by Gasteiger charge is -1.94. The average Bonchev–Trinajstić information content (AvgIpc) is 2.25. The van der Waals surface area contributed by atoms with Gasteiger partial charge in [-0.15, -0.1) is 0 Å². The molecule has 1 rings (SSSR count). The number of allylic oxidation sites excluding steroid dienone is 1. The molecule has 0 fully saturated rings. The first-order valence-electron chi connectivity index (χ1n) is 5.01. The Morgan fingerprint density at radius 1 is 0.923 bits per heavy atom. The number of benzene rings is 1. The van der Waals surface area contributed by atoms with Crippen molar-refractivity contribution in [1.29, 1.82) is 0 Å². The van der Waals surface area contributed by atoms with Gasteiger partial charge in [0, 0.05) is 0 Å². The molecular formula is C13H22. The summed E-state index contributed by atoms with van der Waals surface area (Å²) >= 11 is 0. The van der Waals surface area contributed by atoms with Crippen LogP contribution >= 0.6 is 0 Å². The van der Waals surface area contributed by atoms with Gasteiger partial charge < -0.3 is 0 Å². The third kappa shape index (κ3) is 7.32. The normalized spacial score (nSPS) is 7.15. The molecule has 0 N–H and O–H groups in total. The molecule has 0 bridgehead atoms. The fourth-order valence-corrected chi connectivity index (χ4v) is 0.723. The van der Waals surface area contributed by atoms with Gasteiger partial charge >= 0.3 is 0 Å². The maximum absolute atomic E-state index is 3.83. The van der Waals surface area contributed by atoms with E-state index < -0.39 is 0 Å². The first-order valence-corrected chi connectivity index (χ1v) is 5.01. The van der Waals surface area contributed by atoms with Gasteiger partial charge in [0.25, 0.3) is 0 Å². The second-order valence-corrected chi connectivity index (χ2v) is 2.15. The van der Waals surface area contributed by atoms with Crippen LogP contribution < -0.4 is 0 Å². The molecule has 74 valence electrons. The highest BCUT2D eigenvalue weighted by atomic mass is 13.9. The molecule has 0 spiro atoms. The molecule has 0 radical (unpaired) electrons.